The molecule has 0 bridgehead atoms. The van der Waals surface area contributed by atoms with Gasteiger partial charge >= 0.3 is 0 Å². The first-order chi connectivity index (χ1) is 18.1. The van der Waals surface area contributed by atoms with E-state index in [1.807, 2.05) is 23.6 Å². The maximum Gasteiger partial charge on any atom is 0.252 e. The summed E-state index contributed by atoms with van der Waals surface area (Å²) in [5, 5.41) is 10.8. The topological polar surface area (TPSA) is 108 Å². The lowest BCUT2D eigenvalue weighted by Crippen LogP contribution is -2.35. The molecular weight excluding hydrogens is 488 g/mol. The van der Waals surface area contributed by atoms with Crippen LogP contribution in [0, 0.1) is 0 Å². The number of hydrogen-bond donors (Lipinski definition) is 3. The molecule has 1 saturated heterocycles. The zero-order valence-electron chi connectivity index (χ0n) is 20.1. The minimum absolute atomic E-state index is 0.100. The van der Waals surface area contributed by atoms with Gasteiger partial charge in [0.05, 0.1) is 12.2 Å². The number of hydrogen-bond acceptors (Lipinski definition) is 8. The van der Waals surface area contributed by atoms with Crippen molar-refractivity contribution >= 4 is 50.7 Å². The van der Waals surface area contributed by atoms with Crippen molar-refractivity contribution in [2.24, 2.45) is 0 Å². The van der Waals surface area contributed by atoms with E-state index in [4.69, 9.17) is 4.74 Å². The summed E-state index contributed by atoms with van der Waals surface area (Å²) in [7, 11) is 0. The first-order valence-electron chi connectivity index (χ1n) is 11.9. The zero-order chi connectivity index (χ0) is 25.6. The Hall–Kier alpha value is -4.28. The smallest absolute Gasteiger partial charge is 0.252 e. The summed E-state index contributed by atoms with van der Waals surface area (Å²) in [6, 6.07) is 16.1. The van der Waals surface area contributed by atoms with Crippen LogP contribution in [0.1, 0.15) is 23.2 Å². The van der Waals surface area contributed by atoms with E-state index >= 15 is 0 Å². The van der Waals surface area contributed by atoms with E-state index in [2.05, 4.69) is 37.4 Å². The number of rotatable bonds is 9. The summed E-state index contributed by atoms with van der Waals surface area (Å²) in [4.78, 5) is 35.5. The Morgan fingerprint density at radius 2 is 1.86 bits per heavy atom. The van der Waals surface area contributed by atoms with Gasteiger partial charge in [-0.2, -0.15) is 4.98 Å². The van der Waals surface area contributed by atoms with Gasteiger partial charge in [-0.05, 0) is 79.9 Å². The maximum absolute atomic E-state index is 12.5. The summed E-state index contributed by atoms with van der Waals surface area (Å²) in [6.45, 7) is 6.09. The van der Waals surface area contributed by atoms with Crippen LogP contribution in [-0.2, 0) is 4.79 Å². The third-order valence-corrected chi connectivity index (χ3v) is 6.73. The molecule has 5 rings (SSSR count). The van der Waals surface area contributed by atoms with Crippen LogP contribution in [-0.4, -0.2) is 46.4 Å². The van der Waals surface area contributed by atoms with Gasteiger partial charge in [0.15, 0.2) is 0 Å². The number of anilines is 3. The minimum Gasteiger partial charge on any atom is -0.437 e. The maximum atomic E-state index is 12.5. The number of likely N-dealkylation sites (tertiary alicyclic amines) is 1. The monoisotopic (exact) mass is 514 g/mol. The molecule has 188 valence electrons. The first-order valence-corrected chi connectivity index (χ1v) is 12.8. The quantitative estimate of drug-likeness (QED) is 0.266. The fourth-order valence-electron chi connectivity index (χ4n) is 3.96. The van der Waals surface area contributed by atoms with Crippen molar-refractivity contribution in [2.75, 3.05) is 30.4 Å². The number of ether oxygens (including phenoxy) is 1. The molecule has 3 N–H and O–H groups in total. The number of benzene rings is 2. The third-order valence-electron chi connectivity index (χ3n) is 5.84. The number of amides is 2. The number of aromatic nitrogens is 2. The lowest BCUT2D eigenvalue weighted by atomic mass is 10.2. The molecule has 0 aliphatic carbocycles. The lowest BCUT2D eigenvalue weighted by molar-refractivity contribution is -0.111. The van der Waals surface area contributed by atoms with Gasteiger partial charge < -0.3 is 20.7 Å². The van der Waals surface area contributed by atoms with Crippen molar-refractivity contribution in [1.82, 2.24) is 20.2 Å². The van der Waals surface area contributed by atoms with Crippen molar-refractivity contribution in [3.8, 4) is 11.6 Å². The summed E-state index contributed by atoms with van der Waals surface area (Å²) in [6.07, 6.45) is 3.57. The predicted molar refractivity (Wildman–Crippen MR) is 146 cm³/mol. The van der Waals surface area contributed by atoms with E-state index in [9.17, 15) is 9.59 Å². The summed E-state index contributed by atoms with van der Waals surface area (Å²) < 4.78 is 6.89. The second-order valence-corrected chi connectivity index (χ2v) is 9.42. The van der Waals surface area contributed by atoms with E-state index in [1.54, 1.807) is 36.4 Å². The molecule has 10 heteroatoms. The van der Waals surface area contributed by atoms with Crippen LogP contribution >= 0.6 is 11.3 Å². The molecule has 0 unspecified atom stereocenters. The number of carbonyl (C=O) groups is 2. The van der Waals surface area contributed by atoms with Gasteiger partial charge in [-0.15, -0.1) is 11.3 Å². The largest absolute Gasteiger partial charge is 0.437 e. The highest BCUT2D eigenvalue weighted by Crippen LogP contribution is 2.33. The molecule has 2 amide bonds. The van der Waals surface area contributed by atoms with Crippen molar-refractivity contribution in [3.63, 3.8) is 0 Å². The molecule has 1 aliphatic rings. The zero-order valence-corrected chi connectivity index (χ0v) is 20.9. The van der Waals surface area contributed by atoms with Crippen molar-refractivity contribution in [1.29, 1.82) is 0 Å². The van der Waals surface area contributed by atoms with Gasteiger partial charge in [0.1, 0.15) is 10.4 Å². The number of fused-ring (bicyclic) bond motifs is 1. The Morgan fingerprint density at radius 1 is 1.05 bits per heavy atom. The Kier molecular flexibility index (Phi) is 7.38. The van der Waals surface area contributed by atoms with Gasteiger partial charge in [-0.25, -0.2) is 4.98 Å². The molecule has 0 radical (unpaired) electrons. The van der Waals surface area contributed by atoms with Crippen molar-refractivity contribution in [2.45, 2.75) is 12.8 Å². The van der Waals surface area contributed by atoms with Crippen LogP contribution < -0.4 is 20.7 Å². The fraction of sp³-hybridized carbons (Fsp3) is 0.185. The number of nitrogens with one attached hydrogen (secondary N) is 3. The lowest BCUT2D eigenvalue weighted by Gasteiger charge is -2.15. The van der Waals surface area contributed by atoms with Gasteiger partial charge in [-0.1, -0.05) is 12.6 Å². The molecule has 3 heterocycles. The molecule has 0 atom stereocenters. The molecule has 4 aromatic rings. The van der Waals surface area contributed by atoms with E-state index < -0.39 is 0 Å². The second-order valence-electron chi connectivity index (χ2n) is 8.50. The number of carbonyl (C=O) groups excluding carboxylic acids is 2. The highest BCUT2D eigenvalue weighted by molar-refractivity contribution is 7.17. The third kappa shape index (κ3) is 6.11. The van der Waals surface area contributed by atoms with Crippen LogP contribution in [0.15, 0.2) is 72.6 Å². The van der Waals surface area contributed by atoms with Crippen LogP contribution in [0.4, 0.5) is 17.3 Å². The van der Waals surface area contributed by atoms with Crippen molar-refractivity contribution < 1.29 is 14.3 Å². The summed E-state index contributed by atoms with van der Waals surface area (Å²) >= 11 is 1.48. The van der Waals surface area contributed by atoms with Crippen LogP contribution in [0.2, 0.25) is 0 Å². The normalized spacial score (nSPS) is 13.3. The molecule has 0 spiro atoms. The molecule has 37 heavy (non-hydrogen) atoms. The molecule has 2 aromatic carbocycles. The SMILES string of the molecule is C=CC(=O)Nc1cccc(Oc2nc(Nc3ccc(C(=O)NCN4CCCC4)cc3)nc3ccsc23)c1. The molecule has 2 aromatic heterocycles. The standard InChI is InChI=1S/C27H26N6O3S/c1-2-23(34)29-20-6-5-7-21(16-20)36-26-24-22(12-15-37-24)31-27(32-26)30-19-10-8-18(9-11-19)25(35)28-17-33-13-3-4-14-33/h2,5-12,15-16H,1,3-4,13-14,17H2,(H,28,35)(H,29,34)(H,30,31,32). The number of nitrogens with zero attached hydrogens (tertiary/aromatic N) is 3. The Balaban J connectivity index is 1.29. The van der Waals surface area contributed by atoms with Crippen molar-refractivity contribution in [3.05, 3.63) is 78.2 Å². The van der Waals surface area contributed by atoms with E-state index in [-0.39, 0.29) is 11.8 Å². The first kappa shape index (κ1) is 24.4. The van der Waals surface area contributed by atoms with Gasteiger partial charge in [-0.3, -0.25) is 14.5 Å². The van der Waals surface area contributed by atoms with Crippen LogP contribution in [0.5, 0.6) is 11.6 Å². The predicted octanol–water partition coefficient (Wildman–Crippen LogP) is 5.13. The second kappa shape index (κ2) is 11.2. The van der Waals surface area contributed by atoms with Gasteiger partial charge in [0, 0.05) is 23.0 Å². The van der Waals surface area contributed by atoms with Gasteiger partial charge in [0.25, 0.3) is 5.91 Å². The Morgan fingerprint density at radius 3 is 2.65 bits per heavy atom. The minimum atomic E-state index is -0.304. The highest BCUT2D eigenvalue weighted by Gasteiger charge is 2.14. The number of thiophene rings is 1. The molecule has 1 fully saturated rings. The summed E-state index contributed by atoms with van der Waals surface area (Å²) in [5.41, 5.74) is 2.66. The molecule has 1 aliphatic heterocycles. The van der Waals surface area contributed by atoms with Gasteiger partial charge in [0.2, 0.25) is 17.7 Å². The summed E-state index contributed by atoms with van der Waals surface area (Å²) in [5.74, 6) is 0.874. The Labute approximate surface area is 218 Å². The molecule has 9 nitrogen and oxygen atoms in total. The van der Waals surface area contributed by atoms with E-state index in [0.29, 0.717) is 35.5 Å². The average Bonchev–Trinajstić information content (AvgIpc) is 3.60. The van der Waals surface area contributed by atoms with Crippen LogP contribution in [0.3, 0.4) is 0 Å². The van der Waals surface area contributed by atoms with Crippen LogP contribution in [0.25, 0.3) is 10.2 Å². The average molecular weight is 515 g/mol. The Bertz CT molecular complexity index is 1430. The highest BCUT2D eigenvalue weighted by atomic mass is 32.1. The van der Waals surface area contributed by atoms with E-state index in [1.165, 1.54) is 30.3 Å². The fourth-order valence-corrected chi connectivity index (χ4v) is 4.72. The van der Waals surface area contributed by atoms with E-state index in [0.717, 1.165) is 29.0 Å². The molecule has 0 saturated carbocycles. The molecular formula is C27H26N6O3S.